The number of rotatable bonds is 6. The van der Waals surface area contributed by atoms with E-state index in [0.717, 1.165) is 0 Å². The number of nitrogens with one attached hydrogen (secondary N) is 2. The highest BCUT2D eigenvalue weighted by Crippen LogP contribution is 2.18. The van der Waals surface area contributed by atoms with Crippen LogP contribution in [-0.4, -0.2) is 36.5 Å². The Morgan fingerprint density at radius 3 is 2.65 bits per heavy atom. The van der Waals surface area contributed by atoms with Gasteiger partial charge in [0.15, 0.2) is 6.61 Å². The van der Waals surface area contributed by atoms with Gasteiger partial charge in [-0.05, 0) is 19.1 Å². The van der Waals surface area contributed by atoms with E-state index >= 15 is 0 Å². The summed E-state index contributed by atoms with van der Waals surface area (Å²) in [6.07, 6.45) is 0. The Hall–Kier alpha value is -2.57. The predicted molar refractivity (Wildman–Crippen MR) is 71.4 cm³/mol. The van der Waals surface area contributed by atoms with Gasteiger partial charge in [0, 0.05) is 18.8 Å². The first-order valence-electron chi connectivity index (χ1n) is 5.91. The molecule has 1 atom stereocenters. The van der Waals surface area contributed by atoms with E-state index in [-0.39, 0.29) is 12.5 Å². The van der Waals surface area contributed by atoms with E-state index in [2.05, 4.69) is 10.6 Å². The second-order valence-electron chi connectivity index (χ2n) is 4.04. The molecular formula is C13H16N2O5. The summed E-state index contributed by atoms with van der Waals surface area (Å²) in [5.74, 6) is -2.85. The predicted octanol–water partition coefficient (Wildman–Crippen LogP) is 0.471. The number of amides is 2. The fraction of sp³-hybridized carbons (Fsp3) is 0.308. The lowest BCUT2D eigenvalue weighted by molar-refractivity contribution is -0.144. The molecule has 3 N–H and O–H groups in total. The highest BCUT2D eigenvalue weighted by molar-refractivity contribution is 6.03. The largest absolute Gasteiger partial charge is 0.484 e. The van der Waals surface area contributed by atoms with Crippen LogP contribution in [0.25, 0.3) is 0 Å². The zero-order chi connectivity index (χ0) is 15.1. The van der Waals surface area contributed by atoms with Gasteiger partial charge in [0.2, 0.25) is 5.91 Å². The van der Waals surface area contributed by atoms with Gasteiger partial charge in [-0.2, -0.15) is 0 Å². The van der Waals surface area contributed by atoms with Gasteiger partial charge in [-0.3, -0.25) is 14.4 Å². The molecule has 1 aromatic carbocycles. The summed E-state index contributed by atoms with van der Waals surface area (Å²) in [5.41, 5.74) is 0.400. The average molecular weight is 280 g/mol. The Labute approximate surface area is 115 Å². The quantitative estimate of drug-likeness (QED) is 0.657. The minimum absolute atomic E-state index is 0.139. The van der Waals surface area contributed by atoms with Gasteiger partial charge in [0.05, 0.1) is 0 Å². The number of carboxylic acid groups (broad SMARTS) is 1. The van der Waals surface area contributed by atoms with E-state index in [1.807, 2.05) is 0 Å². The highest BCUT2D eigenvalue weighted by atomic mass is 16.5. The summed E-state index contributed by atoms with van der Waals surface area (Å²) in [6, 6.07) is 6.36. The van der Waals surface area contributed by atoms with Crippen molar-refractivity contribution in [2.75, 3.05) is 19.0 Å². The van der Waals surface area contributed by atoms with Crippen molar-refractivity contribution in [3.8, 4) is 5.75 Å². The number of carbonyl (C=O) groups excluding carboxylic acids is 2. The van der Waals surface area contributed by atoms with Gasteiger partial charge in [0.25, 0.3) is 5.91 Å². The van der Waals surface area contributed by atoms with E-state index < -0.39 is 17.8 Å². The summed E-state index contributed by atoms with van der Waals surface area (Å²) in [7, 11) is 1.50. The number of ether oxygens (including phenoxy) is 1. The van der Waals surface area contributed by atoms with Gasteiger partial charge >= 0.3 is 5.97 Å². The van der Waals surface area contributed by atoms with Crippen molar-refractivity contribution in [1.82, 2.24) is 5.32 Å². The number of hydrogen-bond acceptors (Lipinski definition) is 4. The lowest BCUT2D eigenvalue weighted by Crippen LogP contribution is -2.27. The van der Waals surface area contributed by atoms with Gasteiger partial charge in [-0.15, -0.1) is 0 Å². The molecular weight excluding hydrogens is 264 g/mol. The number of benzene rings is 1. The second-order valence-corrected chi connectivity index (χ2v) is 4.04. The van der Waals surface area contributed by atoms with E-state index in [4.69, 9.17) is 9.84 Å². The summed E-state index contributed by atoms with van der Waals surface area (Å²) in [6.45, 7) is 1.16. The van der Waals surface area contributed by atoms with Crippen molar-refractivity contribution < 1.29 is 24.2 Å². The van der Waals surface area contributed by atoms with Crippen LogP contribution >= 0.6 is 0 Å². The molecule has 0 radical (unpaired) electrons. The monoisotopic (exact) mass is 280 g/mol. The van der Waals surface area contributed by atoms with Gasteiger partial charge < -0.3 is 20.5 Å². The lowest BCUT2D eigenvalue weighted by atomic mass is 10.1. The molecule has 0 fully saturated rings. The number of anilines is 1. The highest BCUT2D eigenvalue weighted by Gasteiger charge is 2.20. The number of likely N-dealkylation sites (N-methyl/N-ethyl adjacent to an activating group) is 1. The molecule has 0 spiro atoms. The Morgan fingerprint density at radius 1 is 1.35 bits per heavy atom. The summed E-state index contributed by atoms with van der Waals surface area (Å²) >= 11 is 0. The third kappa shape index (κ3) is 4.60. The normalized spacial score (nSPS) is 11.3. The fourth-order valence-electron chi connectivity index (χ4n) is 1.25. The van der Waals surface area contributed by atoms with E-state index in [1.165, 1.54) is 20.0 Å². The van der Waals surface area contributed by atoms with Gasteiger partial charge in [-0.1, -0.05) is 6.07 Å². The molecule has 0 aliphatic rings. The SMILES string of the molecule is CNC(=O)COc1cccc(NC(=O)C(C)C(=O)O)c1. The van der Waals surface area contributed by atoms with Crippen LogP contribution in [0.1, 0.15) is 6.92 Å². The van der Waals surface area contributed by atoms with Crippen molar-refractivity contribution in [2.24, 2.45) is 5.92 Å². The molecule has 0 aliphatic carbocycles. The van der Waals surface area contributed by atoms with Crippen molar-refractivity contribution in [1.29, 1.82) is 0 Å². The van der Waals surface area contributed by atoms with Crippen molar-refractivity contribution in [3.05, 3.63) is 24.3 Å². The number of aliphatic carboxylic acids is 1. The van der Waals surface area contributed by atoms with E-state index in [9.17, 15) is 14.4 Å². The standard InChI is InChI=1S/C13H16N2O5/c1-8(13(18)19)12(17)15-9-4-3-5-10(6-9)20-7-11(16)14-2/h3-6,8H,7H2,1-2H3,(H,14,16)(H,15,17)(H,18,19). The molecule has 0 saturated carbocycles. The zero-order valence-corrected chi connectivity index (χ0v) is 11.2. The number of carboxylic acids is 1. The minimum Gasteiger partial charge on any atom is -0.484 e. The molecule has 1 rings (SSSR count). The average Bonchev–Trinajstić information content (AvgIpc) is 2.44. The molecule has 108 valence electrons. The Morgan fingerprint density at radius 2 is 2.05 bits per heavy atom. The maximum Gasteiger partial charge on any atom is 0.315 e. The van der Waals surface area contributed by atoms with Gasteiger partial charge in [-0.25, -0.2) is 0 Å². The topological polar surface area (TPSA) is 105 Å². The van der Waals surface area contributed by atoms with Crippen molar-refractivity contribution >= 4 is 23.5 Å². The summed E-state index contributed by atoms with van der Waals surface area (Å²) in [5, 5.41) is 13.6. The van der Waals surface area contributed by atoms with Crippen molar-refractivity contribution in [3.63, 3.8) is 0 Å². The number of carbonyl (C=O) groups is 3. The Bertz CT molecular complexity index is 515. The smallest absolute Gasteiger partial charge is 0.315 e. The van der Waals surface area contributed by atoms with Crippen LogP contribution < -0.4 is 15.4 Å². The van der Waals surface area contributed by atoms with Crippen LogP contribution in [0.15, 0.2) is 24.3 Å². The van der Waals surface area contributed by atoms with Crippen molar-refractivity contribution in [2.45, 2.75) is 6.92 Å². The third-order valence-corrected chi connectivity index (χ3v) is 2.51. The molecule has 1 unspecified atom stereocenters. The Kier molecular flexibility index (Phi) is 5.52. The van der Waals surface area contributed by atoms with E-state index in [0.29, 0.717) is 11.4 Å². The first-order valence-corrected chi connectivity index (χ1v) is 5.91. The fourth-order valence-corrected chi connectivity index (χ4v) is 1.25. The van der Waals surface area contributed by atoms with E-state index in [1.54, 1.807) is 18.2 Å². The van der Waals surface area contributed by atoms with Crippen LogP contribution in [0.3, 0.4) is 0 Å². The molecule has 0 heterocycles. The molecule has 0 aromatic heterocycles. The maximum atomic E-state index is 11.6. The molecule has 1 aromatic rings. The zero-order valence-electron chi connectivity index (χ0n) is 11.2. The molecule has 0 saturated heterocycles. The molecule has 7 nitrogen and oxygen atoms in total. The number of hydrogen-bond donors (Lipinski definition) is 3. The first kappa shape index (κ1) is 15.5. The lowest BCUT2D eigenvalue weighted by Gasteiger charge is -2.10. The molecule has 7 heteroatoms. The second kappa shape index (κ2) is 7.13. The molecule has 2 amide bonds. The van der Waals surface area contributed by atoms with Crippen LogP contribution in [0.2, 0.25) is 0 Å². The Balaban J connectivity index is 2.66. The van der Waals surface area contributed by atoms with Crippen LogP contribution in [0.5, 0.6) is 5.75 Å². The van der Waals surface area contributed by atoms with Crippen LogP contribution in [0, 0.1) is 5.92 Å². The molecule has 20 heavy (non-hydrogen) atoms. The summed E-state index contributed by atoms with van der Waals surface area (Å²) < 4.78 is 5.21. The molecule has 0 aliphatic heterocycles. The van der Waals surface area contributed by atoms with Crippen LogP contribution in [0.4, 0.5) is 5.69 Å². The third-order valence-electron chi connectivity index (χ3n) is 2.51. The van der Waals surface area contributed by atoms with Crippen LogP contribution in [-0.2, 0) is 14.4 Å². The summed E-state index contributed by atoms with van der Waals surface area (Å²) in [4.78, 5) is 33.3. The first-order chi connectivity index (χ1) is 9.43. The maximum absolute atomic E-state index is 11.6. The minimum atomic E-state index is -1.20. The van der Waals surface area contributed by atoms with Gasteiger partial charge in [0.1, 0.15) is 11.7 Å². The molecule has 0 bridgehead atoms.